The number of benzene rings is 1. The number of unbranched alkanes of at least 4 members (excludes halogenated alkanes) is 2. The Morgan fingerprint density at radius 2 is 2.12 bits per heavy atom. The summed E-state index contributed by atoms with van der Waals surface area (Å²) in [5, 5.41) is 2.67. The van der Waals surface area contributed by atoms with Gasteiger partial charge in [-0.3, -0.25) is 4.79 Å². The van der Waals surface area contributed by atoms with E-state index in [9.17, 15) is 9.18 Å². The Kier molecular flexibility index (Phi) is 6.15. The second-order valence-corrected chi connectivity index (χ2v) is 4.63. The van der Waals surface area contributed by atoms with E-state index in [0.717, 1.165) is 19.3 Å². The maximum absolute atomic E-state index is 13.0. The van der Waals surface area contributed by atoms with Crippen LogP contribution in [0.15, 0.2) is 22.7 Å². The molecule has 0 saturated carbocycles. The van der Waals surface area contributed by atoms with Gasteiger partial charge in [-0.05, 0) is 53.5 Å². The van der Waals surface area contributed by atoms with Gasteiger partial charge < -0.3 is 11.1 Å². The molecule has 0 unspecified atom stereocenters. The van der Waals surface area contributed by atoms with Gasteiger partial charge in [-0.2, -0.15) is 0 Å². The Morgan fingerprint density at radius 1 is 1.35 bits per heavy atom. The van der Waals surface area contributed by atoms with Gasteiger partial charge in [0.05, 0.1) is 5.69 Å². The van der Waals surface area contributed by atoms with Crippen molar-refractivity contribution in [2.24, 2.45) is 5.73 Å². The van der Waals surface area contributed by atoms with Crippen molar-refractivity contribution in [3.8, 4) is 0 Å². The maximum Gasteiger partial charge on any atom is 0.224 e. The minimum absolute atomic E-state index is 0.103. The van der Waals surface area contributed by atoms with Crippen LogP contribution in [0.3, 0.4) is 0 Å². The second kappa shape index (κ2) is 7.40. The van der Waals surface area contributed by atoms with Crippen molar-refractivity contribution in [1.29, 1.82) is 0 Å². The number of amides is 1. The van der Waals surface area contributed by atoms with Gasteiger partial charge in [0, 0.05) is 10.9 Å². The predicted octanol–water partition coefficient (Wildman–Crippen LogP) is 3.05. The summed E-state index contributed by atoms with van der Waals surface area (Å²) in [6.45, 7) is 0.650. The molecular weight excluding hydrogens is 287 g/mol. The van der Waals surface area contributed by atoms with Crippen LogP contribution in [0.5, 0.6) is 0 Å². The zero-order valence-electron chi connectivity index (χ0n) is 9.51. The zero-order chi connectivity index (χ0) is 12.7. The first kappa shape index (κ1) is 14.1. The molecule has 0 radical (unpaired) electrons. The number of hydrogen-bond donors (Lipinski definition) is 2. The first-order valence-corrected chi connectivity index (χ1v) is 6.37. The maximum atomic E-state index is 13.0. The number of hydrogen-bond acceptors (Lipinski definition) is 2. The standard InChI is InChI=1S/C12H16BrFN2O/c13-10-6-5-9(14)8-11(10)16-12(17)4-2-1-3-7-15/h5-6,8H,1-4,7,15H2,(H,16,17). The first-order valence-electron chi connectivity index (χ1n) is 5.58. The van der Waals surface area contributed by atoms with Gasteiger partial charge in [-0.25, -0.2) is 4.39 Å². The summed E-state index contributed by atoms with van der Waals surface area (Å²) >= 11 is 3.25. The lowest BCUT2D eigenvalue weighted by atomic mass is 10.2. The third kappa shape index (κ3) is 5.28. The van der Waals surface area contributed by atoms with E-state index < -0.39 is 0 Å². The molecule has 0 aliphatic carbocycles. The monoisotopic (exact) mass is 302 g/mol. The largest absolute Gasteiger partial charge is 0.330 e. The molecule has 3 nitrogen and oxygen atoms in total. The lowest BCUT2D eigenvalue weighted by Crippen LogP contribution is -2.12. The minimum Gasteiger partial charge on any atom is -0.330 e. The number of carbonyl (C=O) groups is 1. The van der Waals surface area contributed by atoms with Crippen LogP contribution >= 0.6 is 15.9 Å². The number of nitrogens with two attached hydrogens (primary N) is 1. The Balaban J connectivity index is 2.42. The lowest BCUT2D eigenvalue weighted by Gasteiger charge is -2.07. The molecule has 0 aliphatic rings. The third-order valence-corrected chi connectivity index (χ3v) is 3.00. The van der Waals surface area contributed by atoms with Crippen LogP contribution in [0.25, 0.3) is 0 Å². The molecule has 5 heteroatoms. The fourth-order valence-corrected chi connectivity index (χ4v) is 1.76. The van der Waals surface area contributed by atoms with Crippen LogP contribution in [0.2, 0.25) is 0 Å². The van der Waals surface area contributed by atoms with Gasteiger partial charge in [-0.1, -0.05) is 6.42 Å². The van der Waals surface area contributed by atoms with Gasteiger partial charge in [0.15, 0.2) is 0 Å². The quantitative estimate of drug-likeness (QED) is 0.794. The van der Waals surface area contributed by atoms with Crippen molar-refractivity contribution in [1.82, 2.24) is 0 Å². The molecule has 3 N–H and O–H groups in total. The Morgan fingerprint density at radius 3 is 2.82 bits per heavy atom. The summed E-state index contributed by atoms with van der Waals surface area (Å²) in [4.78, 5) is 11.6. The molecule has 0 atom stereocenters. The molecule has 0 aromatic heterocycles. The van der Waals surface area contributed by atoms with Gasteiger partial charge >= 0.3 is 0 Å². The number of halogens is 2. The Bertz CT molecular complexity index is 385. The topological polar surface area (TPSA) is 55.1 Å². The van der Waals surface area contributed by atoms with E-state index in [0.29, 0.717) is 23.1 Å². The van der Waals surface area contributed by atoms with E-state index in [1.165, 1.54) is 12.1 Å². The molecular formula is C12H16BrFN2O. The van der Waals surface area contributed by atoms with E-state index in [-0.39, 0.29) is 11.7 Å². The van der Waals surface area contributed by atoms with Crippen LogP contribution in [0.4, 0.5) is 10.1 Å². The normalized spacial score (nSPS) is 10.3. The van der Waals surface area contributed by atoms with Gasteiger partial charge in [0.2, 0.25) is 5.91 Å². The smallest absolute Gasteiger partial charge is 0.224 e. The van der Waals surface area contributed by atoms with Gasteiger partial charge in [0.25, 0.3) is 0 Å². The van der Waals surface area contributed by atoms with E-state index >= 15 is 0 Å². The van der Waals surface area contributed by atoms with Crippen molar-refractivity contribution in [2.75, 3.05) is 11.9 Å². The van der Waals surface area contributed by atoms with Crippen molar-refractivity contribution >= 4 is 27.5 Å². The number of rotatable bonds is 6. The average Bonchev–Trinajstić information content (AvgIpc) is 2.29. The van der Waals surface area contributed by atoms with Crippen LogP contribution < -0.4 is 11.1 Å². The fourth-order valence-electron chi connectivity index (χ4n) is 1.41. The molecule has 17 heavy (non-hydrogen) atoms. The molecule has 94 valence electrons. The molecule has 0 spiro atoms. The summed E-state index contributed by atoms with van der Waals surface area (Å²) in [6, 6.07) is 4.20. The highest BCUT2D eigenvalue weighted by Crippen LogP contribution is 2.23. The van der Waals surface area contributed by atoms with Gasteiger partial charge in [0.1, 0.15) is 5.82 Å². The van der Waals surface area contributed by atoms with Crippen molar-refractivity contribution < 1.29 is 9.18 Å². The van der Waals surface area contributed by atoms with E-state index in [4.69, 9.17) is 5.73 Å². The molecule has 1 rings (SSSR count). The summed E-state index contributed by atoms with van der Waals surface area (Å²) in [5.74, 6) is -0.472. The molecule has 0 aliphatic heterocycles. The van der Waals surface area contributed by atoms with E-state index in [2.05, 4.69) is 21.2 Å². The molecule has 0 fully saturated rings. The van der Waals surface area contributed by atoms with Gasteiger partial charge in [-0.15, -0.1) is 0 Å². The number of nitrogens with one attached hydrogen (secondary N) is 1. The minimum atomic E-state index is -0.369. The molecule has 1 aromatic carbocycles. The zero-order valence-corrected chi connectivity index (χ0v) is 11.1. The molecule has 1 amide bonds. The summed E-state index contributed by atoms with van der Waals surface area (Å²) in [5.41, 5.74) is 5.82. The molecule has 1 aromatic rings. The van der Waals surface area contributed by atoms with Crippen LogP contribution in [-0.2, 0) is 4.79 Å². The van der Waals surface area contributed by atoms with Crippen molar-refractivity contribution in [3.63, 3.8) is 0 Å². The summed E-state index contributed by atoms with van der Waals surface area (Å²) < 4.78 is 13.6. The Hall–Kier alpha value is -0.940. The van der Waals surface area contributed by atoms with Crippen LogP contribution in [-0.4, -0.2) is 12.5 Å². The molecule has 0 saturated heterocycles. The fraction of sp³-hybridized carbons (Fsp3) is 0.417. The van der Waals surface area contributed by atoms with Crippen molar-refractivity contribution in [2.45, 2.75) is 25.7 Å². The Labute approximate surface area is 109 Å². The summed E-state index contributed by atoms with van der Waals surface area (Å²) in [6.07, 6.45) is 3.10. The highest BCUT2D eigenvalue weighted by Gasteiger charge is 2.06. The first-order chi connectivity index (χ1) is 8.13. The third-order valence-electron chi connectivity index (χ3n) is 2.31. The van der Waals surface area contributed by atoms with E-state index in [1.807, 2.05) is 0 Å². The second-order valence-electron chi connectivity index (χ2n) is 3.77. The average molecular weight is 303 g/mol. The number of carbonyl (C=O) groups excluding carboxylic acids is 1. The van der Waals surface area contributed by atoms with Crippen molar-refractivity contribution in [3.05, 3.63) is 28.5 Å². The highest BCUT2D eigenvalue weighted by molar-refractivity contribution is 9.10. The SMILES string of the molecule is NCCCCCC(=O)Nc1cc(F)ccc1Br. The van der Waals surface area contributed by atoms with Crippen LogP contribution in [0, 0.1) is 5.82 Å². The van der Waals surface area contributed by atoms with E-state index in [1.54, 1.807) is 6.07 Å². The van der Waals surface area contributed by atoms with Crippen LogP contribution in [0.1, 0.15) is 25.7 Å². The molecule has 0 bridgehead atoms. The lowest BCUT2D eigenvalue weighted by molar-refractivity contribution is -0.116. The predicted molar refractivity (Wildman–Crippen MR) is 70.3 cm³/mol. The number of anilines is 1. The summed E-state index contributed by atoms with van der Waals surface area (Å²) in [7, 11) is 0. The highest BCUT2D eigenvalue weighted by atomic mass is 79.9. The molecule has 0 heterocycles.